The van der Waals surface area contributed by atoms with Crippen LogP contribution in [0.4, 0.5) is 0 Å². The molecule has 0 radical (unpaired) electrons. The van der Waals surface area contributed by atoms with E-state index in [1.807, 2.05) is 19.1 Å². The van der Waals surface area contributed by atoms with Crippen molar-refractivity contribution in [1.29, 1.82) is 0 Å². The SMILES string of the molecule is CCNC(=NCc1ccc(S(=O)(=O)NCC2CCCO2)cc1)NC1CC1. The summed E-state index contributed by atoms with van der Waals surface area (Å²) in [6.07, 6.45) is 4.27. The fourth-order valence-corrected chi connectivity index (χ4v) is 3.84. The van der Waals surface area contributed by atoms with Crippen LogP contribution in [0.25, 0.3) is 0 Å². The van der Waals surface area contributed by atoms with Crippen molar-refractivity contribution < 1.29 is 13.2 Å². The topological polar surface area (TPSA) is 91.8 Å². The average Bonchev–Trinajstić information content (AvgIpc) is 3.29. The van der Waals surface area contributed by atoms with Crippen molar-refractivity contribution in [2.24, 2.45) is 4.99 Å². The normalized spacial score (nSPS) is 21.0. The van der Waals surface area contributed by atoms with Crippen LogP contribution in [0.3, 0.4) is 0 Å². The summed E-state index contributed by atoms with van der Waals surface area (Å²) in [5.41, 5.74) is 0.969. The molecule has 3 N–H and O–H groups in total. The van der Waals surface area contributed by atoms with Gasteiger partial charge in [-0.1, -0.05) is 12.1 Å². The maximum absolute atomic E-state index is 12.4. The molecule has 2 fully saturated rings. The van der Waals surface area contributed by atoms with E-state index in [0.29, 0.717) is 25.7 Å². The molecule has 8 heteroatoms. The largest absolute Gasteiger partial charge is 0.377 e. The second-order valence-electron chi connectivity index (χ2n) is 6.74. The van der Waals surface area contributed by atoms with E-state index in [4.69, 9.17) is 4.74 Å². The molecule has 3 rings (SSSR count). The van der Waals surface area contributed by atoms with Crippen LogP contribution < -0.4 is 15.4 Å². The summed E-state index contributed by atoms with van der Waals surface area (Å²) in [6, 6.07) is 7.42. The van der Waals surface area contributed by atoms with E-state index in [1.165, 1.54) is 12.8 Å². The molecule has 0 aromatic heterocycles. The summed E-state index contributed by atoms with van der Waals surface area (Å²) in [6.45, 7) is 4.39. The van der Waals surface area contributed by atoms with Gasteiger partial charge in [0.05, 0.1) is 17.5 Å². The van der Waals surface area contributed by atoms with Crippen LogP contribution in [-0.4, -0.2) is 46.2 Å². The van der Waals surface area contributed by atoms with Crippen molar-refractivity contribution in [3.8, 4) is 0 Å². The minimum atomic E-state index is -3.50. The second kappa shape index (κ2) is 8.83. The number of rotatable bonds is 8. The number of ether oxygens (including phenoxy) is 1. The fraction of sp³-hybridized carbons (Fsp3) is 0.611. The average molecular weight is 381 g/mol. The van der Waals surface area contributed by atoms with Crippen molar-refractivity contribution in [2.45, 2.75) is 56.2 Å². The molecule has 1 saturated carbocycles. The molecule has 26 heavy (non-hydrogen) atoms. The molecular weight excluding hydrogens is 352 g/mol. The molecule has 1 saturated heterocycles. The Kier molecular flexibility index (Phi) is 6.50. The zero-order valence-corrected chi connectivity index (χ0v) is 16.0. The van der Waals surface area contributed by atoms with Gasteiger partial charge >= 0.3 is 0 Å². The molecule has 1 aliphatic heterocycles. The summed E-state index contributed by atoms with van der Waals surface area (Å²) < 4.78 is 32.8. The Hall–Kier alpha value is -1.64. The van der Waals surface area contributed by atoms with E-state index in [1.54, 1.807) is 12.1 Å². The zero-order valence-electron chi connectivity index (χ0n) is 15.2. The number of sulfonamides is 1. The van der Waals surface area contributed by atoms with Gasteiger partial charge in [-0.05, 0) is 50.3 Å². The van der Waals surface area contributed by atoms with E-state index in [9.17, 15) is 8.42 Å². The highest BCUT2D eigenvalue weighted by atomic mass is 32.2. The lowest BCUT2D eigenvalue weighted by Gasteiger charge is -2.12. The molecule has 0 bridgehead atoms. The summed E-state index contributed by atoms with van der Waals surface area (Å²) in [5, 5.41) is 6.59. The lowest BCUT2D eigenvalue weighted by molar-refractivity contribution is 0.114. The summed E-state index contributed by atoms with van der Waals surface area (Å²) in [4.78, 5) is 4.83. The van der Waals surface area contributed by atoms with E-state index in [0.717, 1.165) is 30.9 Å². The molecule has 1 unspecified atom stereocenters. The van der Waals surface area contributed by atoms with Gasteiger partial charge in [0.1, 0.15) is 0 Å². The van der Waals surface area contributed by atoms with Gasteiger partial charge in [0, 0.05) is 25.7 Å². The van der Waals surface area contributed by atoms with Crippen LogP contribution in [0, 0.1) is 0 Å². The first-order chi connectivity index (χ1) is 12.6. The molecule has 0 amide bonds. The minimum Gasteiger partial charge on any atom is -0.377 e. The third-order valence-corrected chi connectivity index (χ3v) is 5.88. The Balaban J connectivity index is 1.56. The van der Waals surface area contributed by atoms with Gasteiger partial charge < -0.3 is 15.4 Å². The summed E-state index contributed by atoms with van der Waals surface area (Å²) in [5.74, 6) is 0.810. The number of guanidine groups is 1. The Labute approximate surface area is 155 Å². The number of nitrogens with one attached hydrogen (secondary N) is 3. The predicted molar refractivity (Wildman–Crippen MR) is 102 cm³/mol. The molecule has 1 aliphatic carbocycles. The smallest absolute Gasteiger partial charge is 0.240 e. The molecular formula is C18H28N4O3S. The Morgan fingerprint density at radius 3 is 2.62 bits per heavy atom. The lowest BCUT2D eigenvalue weighted by atomic mass is 10.2. The highest BCUT2D eigenvalue weighted by Gasteiger charge is 2.22. The second-order valence-corrected chi connectivity index (χ2v) is 8.51. The standard InChI is InChI=1S/C18H28N4O3S/c1-2-19-18(22-15-7-8-15)20-12-14-5-9-17(10-6-14)26(23,24)21-13-16-4-3-11-25-16/h5-6,9-10,15-16,21H,2-4,7-8,11-13H2,1H3,(H2,19,20,22). The van der Waals surface area contributed by atoms with Crippen molar-refractivity contribution in [3.63, 3.8) is 0 Å². The van der Waals surface area contributed by atoms with Gasteiger partial charge in [-0.15, -0.1) is 0 Å². The van der Waals surface area contributed by atoms with Crippen LogP contribution in [0.15, 0.2) is 34.2 Å². The van der Waals surface area contributed by atoms with Crippen LogP contribution >= 0.6 is 0 Å². The van der Waals surface area contributed by atoms with Crippen molar-refractivity contribution >= 4 is 16.0 Å². The number of hydrogen-bond donors (Lipinski definition) is 3. The molecule has 0 spiro atoms. The molecule has 144 valence electrons. The van der Waals surface area contributed by atoms with Gasteiger partial charge in [-0.25, -0.2) is 18.1 Å². The quantitative estimate of drug-likeness (QED) is 0.468. The first-order valence-corrected chi connectivity index (χ1v) is 10.8. The molecule has 2 aliphatic rings. The van der Waals surface area contributed by atoms with Gasteiger partial charge in [0.15, 0.2) is 5.96 Å². The van der Waals surface area contributed by atoms with E-state index < -0.39 is 10.0 Å². The lowest BCUT2D eigenvalue weighted by Crippen LogP contribution is -2.38. The molecule has 1 aromatic rings. The number of aliphatic imine (C=N–C) groups is 1. The number of nitrogens with zero attached hydrogens (tertiary/aromatic N) is 1. The van der Waals surface area contributed by atoms with Gasteiger partial charge in [-0.2, -0.15) is 0 Å². The highest BCUT2D eigenvalue weighted by Crippen LogP contribution is 2.18. The molecule has 1 atom stereocenters. The van der Waals surface area contributed by atoms with Crippen LogP contribution in [0.1, 0.15) is 38.2 Å². The molecule has 1 heterocycles. The van der Waals surface area contributed by atoms with E-state index in [-0.39, 0.29) is 11.0 Å². The van der Waals surface area contributed by atoms with Crippen LogP contribution in [0.2, 0.25) is 0 Å². The number of hydrogen-bond acceptors (Lipinski definition) is 4. The summed E-state index contributed by atoms with van der Waals surface area (Å²) >= 11 is 0. The van der Waals surface area contributed by atoms with Gasteiger partial charge in [0.25, 0.3) is 0 Å². The zero-order chi connectivity index (χ0) is 18.4. The van der Waals surface area contributed by atoms with Crippen molar-refractivity contribution in [2.75, 3.05) is 19.7 Å². The Morgan fingerprint density at radius 1 is 1.23 bits per heavy atom. The fourth-order valence-electron chi connectivity index (χ4n) is 2.78. The van der Waals surface area contributed by atoms with Crippen molar-refractivity contribution in [3.05, 3.63) is 29.8 Å². The maximum atomic E-state index is 12.4. The highest BCUT2D eigenvalue weighted by molar-refractivity contribution is 7.89. The number of benzene rings is 1. The summed E-state index contributed by atoms with van der Waals surface area (Å²) in [7, 11) is -3.50. The Bertz CT molecular complexity index is 708. The first-order valence-electron chi connectivity index (χ1n) is 9.32. The third kappa shape index (κ3) is 5.69. The maximum Gasteiger partial charge on any atom is 0.240 e. The predicted octanol–water partition coefficient (Wildman–Crippen LogP) is 1.36. The van der Waals surface area contributed by atoms with E-state index in [2.05, 4.69) is 20.3 Å². The monoisotopic (exact) mass is 380 g/mol. The Morgan fingerprint density at radius 2 is 2.00 bits per heavy atom. The first kappa shape index (κ1) is 19.1. The molecule has 1 aromatic carbocycles. The van der Waals surface area contributed by atoms with Gasteiger partial charge in [0.2, 0.25) is 10.0 Å². The third-order valence-electron chi connectivity index (χ3n) is 4.44. The van der Waals surface area contributed by atoms with Crippen molar-refractivity contribution in [1.82, 2.24) is 15.4 Å². The van der Waals surface area contributed by atoms with E-state index >= 15 is 0 Å². The minimum absolute atomic E-state index is 0.0122. The molecule has 7 nitrogen and oxygen atoms in total. The van der Waals surface area contributed by atoms with Gasteiger partial charge in [-0.3, -0.25) is 0 Å². The van der Waals surface area contributed by atoms with Crippen LogP contribution in [0.5, 0.6) is 0 Å². The van der Waals surface area contributed by atoms with Crippen LogP contribution in [-0.2, 0) is 21.3 Å².